The lowest BCUT2D eigenvalue weighted by atomic mass is 10.1. The summed E-state index contributed by atoms with van der Waals surface area (Å²) in [5.41, 5.74) is 1.97. The summed E-state index contributed by atoms with van der Waals surface area (Å²) >= 11 is 0. The van der Waals surface area contributed by atoms with E-state index in [2.05, 4.69) is 14.9 Å². The van der Waals surface area contributed by atoms with Gasteiger partial charge in [-0.05, 0) is 0 Å². The summed E-state index contributed by atoms with van der Waals surface area (Å²) < 4.78 is 27.5. The summed E-state index contributed by atoms with van der Waals surface area (Å²) in [6, 6.07) is 0. The number of methoxy groups -OCH3 is 1. The highest BCUT2D eigenvalue weighted by Crippen LogP contribution is 2.23. The molecule has 1 aromatic rings. The first-order chi connectivity index (χ1) is 8.49. The van der Waals surface area contributed by atoms with Crippen LogP contribution in [0.2, 0.25) is 0 Å². The third-order valence-electron chi connectivity index (χ3n) is 3.01. The van der Waals surface area contributed by atoms with E-state index in [1.165, 1.54) is 12.6 Å². The van der Waals surface area contributed by atoms with Crippen LogP contribution < -0.4 is 4.74 Å². The summed E-state index contributed by atoms with van der Waals surface area (Å²) in [5, 5.41) is 0. The Morgan fingerprint density at radius 3 is 2.89 bits per heavy atom. The van der Waals surface area contributed by atoms with Crippen LogP contribution in [0.25, 0.3) is 0 Å². The van der Waals surface area contributed by atoms with Crippen LogP contribution in [0.15, 0.2) is 6.33 Å². The van der Waals surface area contributed by atoms with Crippen molar-refractivity contribution in [3.05, 3.63) is 17.6 Å². The van der Waals surface area contributed by atoms with E-state index in [1.54, 1.807) is 7.11 Å². The van der Waals surface area contributed by atoms with Gasteiger partial charge in [-0.25, -0.2) is 18.4 Å². The van der Waals surface area contributed by atoms with E-state index in [9.17, 15) is 8.42 Å². The fourth-order valence-electron chi connectivity index (χ4n) is 2.03. The molecule has 0 atom stereocenters. The molecule has 0 amide bonds. The molecule has 2 rings (SSSR count). The van der Waals surface area contributed by atoms with Crippen LogP contribution in [0.1, 0.15) is 11.3 Å². The average molecular weight is 271 g/mol. The fraction of sp³-hybridized carbons (Fsp3) is 0.636. The van der Waals surface area contributed by atoms with Crippen molar-refractivity contribution < 1.29 is 13.2 Å². The second kappa shape index (κ2) is 5.19. The van der Waals surface area contributed by atoms with Gasteiger partial charge in [0.05, 0.1) is 18.6 Å². The summed E-state index contributed by atoms with van der Waals surface area (Å²) in [6.07, 6.45) is 3.57. The number of sulfone groups is 1. The molecule has 100 valence electrons. The standard InChI is InChI=1S/C11H17N3O3S/c1-17-11-9-7-14(5-6-18(2,15)16)4-3-10(9)12-8-13-11/h8H,3-7H2,1-2H3. The Balaban J connectivity index is 2.09. The van der Waals surface area contributed by atoms with Gasteiger partial charge in [-0.2, -0.15) is 0 Å². The predicted octanol–water partition coefficient (Wildman–Crippen LogP) is -0.112. The largest absolute Gasteiger partial charge is 0.481 e. The van der Waals surface area contributed by atoms with Crippen molar-refractivity contribution in [3.63, 3.8) is 0 Å². The van der Waals surface area contributed by atoms with Gasteiger partial charge in [0.2, 0.25) is 5.88 Å². The van der Waals surface area contributed by atoms with E-state index >= 15 is 0 Å². The van der Waals surface area contributed by atoms with Crippen LogP contribution in [0.3, 0.4) is 0 Å². The third-order valence-corrected chi connectivity index (χ3v) is 3.94. The number of nitrogens with zero attached hydrogens (tertiary/aromatic N) is 3. The molecule has 0 bridgehead atoms. The molecule has 0 aliphatic carbocycles. The van der Waals surface area contributed by atoms with Gasteiger partial charge >= 0.3 is 0 Å². The molecule has 7 heteroatoms. The normalized spacial score (nSPS) is 16.3. The summed E-state index contributed by atoms with van der Waals surface area (Å²) in [7, 11) is -1.34. The van der Waals surface area contributed by atoms with E-state index < -0.39 is 9.84 Å². The molecule has 0 aromatic carbocycles. The molecule has 6 nitrogen and oxygen atoms in total. The van der Waals surface area contributed by atoms with E-state index in [1.807, 2.05) is 0 Å². The van der Waals surface area contributed by atoms with Crippen molar-refractivity contribution in [1.82, 2.24) is 14.9 Å². The lowest BCUT2D eigenvalue weighted by Gasteiger charge is -2.28. The van der Waals surface area contributed by atoms with E-state index in [-0.39, 0.29) is 5.75 Å². The zero-order chi connectivity index (χ0) is 13.2. The number of hydrogen-bond acceptors (Lipinski definition) is 6. The van der Waals surface area contributed by atoms with Crippen LogP contribution in [0.4, 0.5) is 0 Å². The first-order valence-electron chi connectivity index (χ1n) is 5.76. The quantitative estimate of drug-likeness (QED) is 0.760. The zero-order valence-corrected chi connectivity index (χ0v) is 11.4. The van der Waals surface area contributed by atoms with Gasteiger partial charge in [-0.3, -0.25) is 4.90 Å². The summed E-state index contributed by atoms with van der Waals surface area (Å²) in [5.74, 6) is 0.766. The van der Waals surface area contributed by atoms with Crippen LogP contribution in [0, 0.1) is 0 Å². The lowest BCUT2D eigenvalue weighted by molar-refractivity contribution is 0.257. The molecule has 0 saturated heterocycles. The molecule has 2 heterocycles. The number of rotatable bonds is 4. The first-order valence-corrected chi connectivity index (χ1v) is 7.82. The van der Waals surface area contributed by atoms with Crippen molar-refractivity contribution in [3.8, 4) is 5.88 Å². The van der Waals surface area contributed by atoms with Gasteiger partial charge in [0.25, 0.3) is 0 Å². The Kier molecular flexibility index (Phi) is 3.82. The Labute approximate surface area is 107 Å². The number of aromatic nitrogens is 2. The lowest BCUT2D eigenvalue weighted by Crippen LogP contribution is -2.35. The molecular formula is C11H17N3O3S. The van der Waals surface area contributed by atoms with E-state index in [0.29, 0.717) is 19.0 Å². The Bertz CT molecular complexity index is 516. The smallest absolute Gasteiger partial charge is 0.220 e. The van der Waals surface area contributed by atoms with E-state index in [0.717, 1.165) is 24.2 Å². The molecule has 1 aliphatic heterocycles. The summed E-state index contributed by atoms with van der Waals surface area (Å²) in [4.78, 5) is 10.4. The summed E-state index contributed by atoms with van der Waals surface area (Å²) in [6.45, 7) is 2.01. The van der Waals surface area contributed by atoms with Crippen molar-refractivity contribution >= 4 is 9.84 Å². The van der Waals surface area contributed by atoms with Crippen molar-refractivity contribution in [2.24, 2.45) is 0 Å². The molecule has 0 unspecified atom stereocenters. The van der Waals surface area contributed by atoms with Crippen molar-refractivity contribution in [1.29, 1.82) is 0 Å². The van der Waals surface area contributed by atoms with Crippen LogP contribution >= 0.6 is 0 Å². The van der Waals surface area contributed by atoms with Crippen LogP contribution in [0.5, 0.6) is 5.88 Å². The van der Waals surface area contributed by atoms with Gasteiger partial charge < -0.3 is 4.74 Å². The minimum Gasteiger partial charge on any atom is -0.481 e. The van der Waals surface area contributed by atoms with Crippen molar-refractivity contribution in [2.45, 2.75) is 13.0 Å². The number of hydrogen-bond donors (Lipinski definition) is 0. The molecule has 1 aromatic heterocycles. The van der Waals surface area contributed by atoms with Gasteiger partial charge in [-0.1, -0.05) is 0 Å². The fourth-order valence-corrected chi connectivity index (χ4v) is 2.62. The van der Waals surface area contributed by atoms with Gasteiger partial charge in [0.1, 0.15) is 16.2 Å². The number of ether oxygens (including phenoxy) is 1. The Hall–Kier alpha value is -1.21. The van der Waals surface area contributed by atoms with Crippen LogP contribution in [-0.4, -0.2) is 55.5 Å². The van der Waals surface area contributed by atoms with Gasteiger partial charge in [0.15, 0.2) is 0 Å². The maximum Gasteiger partial charge on any atom is 0.220 e. The van der Waals surface area contributed by atoms with Gasteiger partial charge in [0, 0.05) is 37.9 Å². The maximum atomic E-state index is 11.2. The molecule has 0 N–H and O–H groups in total. The second-order valence-electron chi connectivity index (χ2n) is 4.46. The highest BCUT2D eigenvalue weighted by Gasteiger charge is 2.22. The first kappa shape index (κ1) is 13.2. The SMILES string of the molecule is COc1ncnc2c1CN(CCS(C)(=O)=O)CC2. The predicted molar refractivity (Wildman–Crippen MR) is 67.3 cm³/mol. The molecule has 0 fully saturated rings. The van der Waals surface area contributed by atoms with Crippen molar-refractivity contribution in [2.75, 3.05) is 32.2 Å². The highest BCUT2D eigenvalue weighted by molar-refractivity contribution is 7.90. The Morgan fingerprint density at radius 2 is 2.22 bits per heavy atom. The molecule has 0 saturated carbocycles. The maximum absolute atomic E-state index is 11.2. The second-order valence-corrected chi connectivity index (χ2v) is 6.72. The molecule has 0 radical (unpaired) electrons. The van der Waals surface area contributed by atoms with E-state index in [4.69, 9.17) is 4.74 Å². The monoisotopic (exact) mass is 271 g/mol. The zero-order valence-electron chi connectivity index (χ0n) is 10.6. The minimum absolute atomic E-state index is 0.179. The highest BCUT2D eigenvalue weighted by atomic mass is 32.2. The molecule has 1 aliphatic rings. The minimum atomic E-state index is -2.92. The Morgan fingerprint density at radius 1 is 1.44 bits per heavy atom. The van der Waals surface area contributed by atoms with Gasteiger partial charge in [-0.15, -0.1) is 0 Å². The molecular weight excluding hydrogens is 254 g/mol. The molecule has 0 spiro atoms. The third kappa shape index (κ3) is 3.17. The topological polar surface area (TPSA) is 72.4 Å². The molecule has 18 heavy (non-hydrogen) atoms. The number of fused-ring (bicyclic) bond motifs is 1. The van der Waals surface area contributed by atoms with Crippen LogP contribution in [-0.2, 0) is 22.8 Å². The average Bonchev–Trinajstić information content (AvgIpc) is 2.34.